The molecule has 0 bridgehead atoms. The normalized spacial score (nSPS) is 10.1. The number of rotatable bonds is 4. The Morgan fingerprint density at radius 3 is 2.54 bits per heavy atom. The van der Waals surface area contributed by atoms with E-state index in [2.05, 4.69) is 44.3 Å². The molecule has 0 aromatic heterocycles. The Hall–Kier alpha value is -0.980. The first-order valence-corrected chi connectivity index (χ1v) is 5.05. The smallest absolute Gasteiger partial charge is 0.0342 e. The molecule has 0 unspecified atom stereocenters. The highest BCUT2D eigenvalue weighted by Gasteiger charge is 1.94. The fourth-order valence-corrected chi connectivity index (χ4v) is 1.26. The van der Waals surface area contributed by atoms with Crippen LogP contribution in [-0.4, -0.2) is 6.54 Å². The second kappa shape index (κ2) is 4.90. The van der Waals surface area contributed by atoms with Crippen molar-refractivity contribution in [2.24, 2.45) is 0 Å². The summed E-state index contributed by atoms with van der Waals surface area (Å²) in [5, 5.41) is 3.41. The van der Waals surface area contributed by atoms with Crippen LogP contribution in [-0.2, 0) is 0 Å². The minimum absolute atomic E-state index is 1.08. The number of unbranched alkanes of at least 4 members (excludes halogenated alkanes) is 1. The van der Waals surface area contributed by atoms with Gasteiger partial charge in [0.05, 0.1) is 0 Å². The number of nitrogens with one attached hydrogen (secondary N) is 1. The molecular weight excluding hydrogens is 158 g/mol. The molecule has 72 valence electrons. The molecule has 1 aromatic rings. The van der Waals surface area contributed by atoms with Crippen LogP contribution in [0.5, 0.6) is 0 Å². The van der Waals surface area contributed by atoms with E-state index < -0.39 is 0 Å². The summed E-state index contributed by atoms with van der Waals surface area (Å²) in [6.45, 7) is 7.59. The van der Waals surface area contributed by atoms with Gasteiger partial charge in [-0.1, -0.05) is 19.4 Å². The van der Waals surface area contributed by atoms with Gasteiger partial charge in [-0.3, -0.25) is 0 Å². The van der Waals surface area contributed by atoms with Gasteiger partial charge in [-0.25, -0.2) is 0 Å². The molecule has 0 saturated carbocycles. The molecule has 0 aliphatic rings. The summed E-state index contributed by atoms with van der Waals surface area (Å²) in [5.41, 5.74) is 3.97. The van der Waals surface area contributed by atoms with E-state index in [1.807, 2.05) is 0 Å². The topological polar surface area (TPSA) is 12.0 Å². The van der Waals surface area contributed by atoms with Gasteiger partial charge >= 0.3 is 0 Å². The zero-order valence-electron chi connectivity index (χ0n) is 8.85. The molecule has 0 aliphatic heterocycles. The van der Waals surface area contributed by atoms with Gasteiger partial charge in [0.25, 0.3) is 0 Å². The molecule has 0 heterocycles. The van der Waals surface area contributed by atoms with Crippen molar-refractivity contribution in [3.05, 3.63) is 29.3 Å². The maximum atomic E-state index is 3.41. The zero-order chi connectivity index (χ0) is 9.68. The van der Waals surface area contributed by atoms with E-state index in [9.17, 15) is 0 Å². The maximum absolute atomic E-state index is 3.41. The molecule has 1 nitrogen and oxygen atoms in total. The van der Waals surface area contributed by atoms with Gasteiger partial charge in [-0.2, -0.15) is 0 Å². The first kappa shape index (κ1) is 10.1. The molecule has 0 atom stereocenters. The van der Waals surface area contributed by atoms with Crippen molar-refractivity contribution in [2.75, 3.05) is 11.9 Å². The van der Waals surface area contributed by atoms with Gasteiger partial charge in [-0.15, -0.1) is 0 Å². The lowest BCUT2D eigenvalue weighted by Gasteiger charge is -2.07. The Bertz CT molecular complexity index is 266. The lowest BCUT2D eigenvalue weighted by Crippen LogP contribution is -2.00. The monoisotopic (exact) mass is 177 g/mol. The SMILES string of the molecule is CCCCNc1ccc(C)c(C)c1. The van der Waals surface area contributed by atoms with E-state index in [-0.39, 0.29) is 0 Å². The van der Waals surface area contributed by atoms with E-state index in [1.54, 1.807) is 0 Å². The Morgan fingerprint density at radius 1 is 1.15 bits per heavy atom. The van der Waals surface area contributed by atoms with Gasteiger partial charge in [0, 0.05) is 12.2 Å². The number of benzene rings is 1. The van der Waals surface area contributed by atoms with Crippen molar-refractivity contribution in [1.29, 1.82) is 0 Å². The van der Waals surface area contributed by atoms with E-state index in [0.717, 1.165) is 6.54 Å². The molecule has 1 heteroatoms. The zero-order valence-corrected chi connectivity index (χ0v) is 8.85. The summed E-state index contributed by atoms with van der Waals surface area (Å²) < 4.78 is 0. The van der Waals surface area contributed by atoms with Crippen LogP contribution < -0.4 is 5.32 Å². The van der Waals surface area contributed by atoms with Crippen molar-refractivity contribution in [3.63, 3.8) is 0 Å². The Balaban J connectivity index is 2.53. The Kier molecular flexibility index (Phi) is 3.81. The van der Waals surface area contributed by atoms with Crippen LogP contribution in [0.3, 0.4) is 0 Å². The molecule has 1 N–H and O–H groups in total. The molecule has 13 heavy (non-hydrogen) atoms. The molecule has 0 radical (unpaired) electrons. The first-order chi connectivity index (χ1) is 6.24. The maximum Gasteiger partial charge on any atom is 0.0342 e. The van der Waals surface area contributed by atoms with Crippen molar-refractivity contribution in [2.45, 2.75) is 33.6 Å². The van der Waals surface area contributed by atoms with Crippen LogP contribution in [0, 0.1) is 13.8 Å². The third-order valence-electron chi connectivity index (χ3n) is 2.37. The quantitative estimate of drug-likeness (QED) is 0.694. The molecule has 0 spiro atoms. The minimum atomic E-state index is 1.08. The van der Waals surface area contributed by atoms with Gasteiger partial charge in [0.15, 0.2) is 0 Å². The summed E-state index contributed by atoms with van der Waals surface area (Å²) in [5.74, 6) is 0. The average Bonchev–Trinajstić information content (AvgIpc) is 2.12. The minimum Gasteiger partial charge on any atom is -0.385 e. The molecule has 0 fully saturated rings. The number of hydrogen-bond acceptors (Lipinski definition) is 1. The molecule has 0 aliphatic carbocycles. The van der Waals surface area contributed by atoms with Gasteiger partial charge in [0.2, 0.25) is 0 Å². The molecule has 0 amide bonds. The highest BCUT2D eigenvalue weighted by molar-refractivity contribution is 5.47. The van der Waals surface area contributed by atoms with Gasteiger partial charge < -0.3 is 5.32 Å². The van der Waals surface area contributed by atoms with Gasteiger partial charge in [-0.05, 0) is 43.5 Å². The van der Waals surface area contributed by atoms with Crippen molar-refractivity contribution < 1.29 is 0 Å². The Labute approximate surface area is 81.2 Å². The molecule has 1 aromatic carbocycles. The third kappa shape index (κ3) is 3.10. The van der Waals surface area contributed by atoms with Crippen LogP contribution in [0.2, 0.25) is 0 Å². The van der Waals surface area contributed by atoms with E-state index >= 15 is 0 Å². The van der Waals surface area contributed by atoms with Crippen LogP contribution in [0.15, 0.2) is 18.2 Å². The molecular formula is C12H19N. The van der Waals surface area contributed by atoms with Crippen molar-refractivity contribution in [3.8, 4) is 0 Å². The average molecular weight is 177 g/mol. The fraction of sp³-hybridized carbons (Fsp3) is 0.500. The summed E-state index contributed by atoms with van der Waals surface area (Å²) >= 11 is 0. The second-order valence-corrected chi connectivity index (χ2v) is 3.58. The van der Waals surface area contributed by atoms with Gasteiger partial charge in [0.1, 0.15) is 0 Å². The standard InChI is InChI=1S/C12H19N/c1-4-5-8-13-12-7-6-10(2)11(3)9-12/h6-7,9,13H,4-5,8H2,1-3H3. The van der Waals surface area contributed by atoms with Crippen LogP contribution >= 0.6 is 0 Å². The molecule has 1 rings (SSSR count). The highest BCUT2D eigenvalue weighted by atomic mass is 14.9. The Morgan fingerprint density at radius 2 is 1.92 bits per heavy atom. The van der Waals surface area contributed by atoms with E-state index in [0.29, 0.717) is 0 Å². The third-order valence-corrected chi connectivity index (χ3v) is 2.37. The van der Waals surface area contributed by atoms with Crippen LogP contribution in [0.1, 0.15) is 30.9 Å². The summed E-state index contributed by atoms with van der Waals surface area (Å²) in [7, 11) is 0. The number of aryl methyl sites for hydroxylation is 2. The van der Waals surface area contributed by atoms with Crippen molar-refractivity contribution in [1.82, 2.24) is 0 Å². The number of hydrogen-bond donors (Lipinski definition) is 1. The predicted octanol–water partition coefficient (Wildman–Crippen LogP) is 3.52. The largest absolute Gasteiger partial charge is 0.385 e. The van der Waals surface area contributed by atoms with Crippen molar-refractivity contribution >= 4 is 5.69 Å². The number of anilines is 1. The fourth-order valence-electron chi connectivity index (χ4n) is 1.26. The highest BCUT2D eigenvalue weighted by Crippen LogP contribution is 2.13. The summed E-state index contributed by atoms with van der Waals surface area (Å²) in [4.78, 5) is 0. The molecule has 0 saturated heterocycles. The summed E-state index contributed by atoms with van der Waals surface area (Å²) in [6.07, 6.45) is 2.49. The summed E-state index contributed by atoms with van der Waals surface area (Å²) in [6, 6.07) is 6.53. The van der Waals surface area contributed by atoms with E-state index in [4.69, 9.17) is 0 Å². The van der Waals surface area contributed by atoms with Crippen LogP contribution in [0.4, 0.5) is 5.69 Å². The first-order valence-electron chi connectivity index (χ1n) is 5.05. The van der Waals surface area contributed by atoms with E-state index in [1.165, 1.54) is 29.7 Å². The lowest BCUT2D eigenvalue weighted by atomic mass is 10.1. The van der Waals surface area contributed by atoms with Crippen LogP contribution in [0.25, 0.3) is 0 Å². The second-order valence-electron chi connectivity index (χ2n) is 3.58. The predicted molar refractivity (Wildman–Crippen MR) is 59.3 cm³/mol. The lowest BCUT2D eigenvalue weighted by molar-refractivity contribution is 0.834.